The first-order valence-corrected chi connectivity index (χ1v) is 4.19. The van der Waals surface area contributed by atoms with E-state index in [0.717, 1.165) is 5.56 Å². The summed E-state index contributed by atoms with van der Waals surface area (Å²) in [5.41, 5.74) is 0.961. The molecule has 2 heterocycles. The summed E-state index contributed by atoms with van der Waals surface area (Å²) >= 11 is 0. The lowest BCUT2D eigenvalue weighted by Crippen LogP contribution is -2.11. The Morgan fingerprint density at radius 2 is 2.50 bits per heavy atom. The number of pyridine rings is 1. The third kappa shape index (κ3) is 2.22. The maximum Gasteiger partial charge on any atom is 0.152 e. The summed E-state index contributed by atoms with van der Waals surface area (Å²) in [6.45, 7) is 0.466. The molecule has 0 aromatic carbocycles. The van der Waals surface area contributed by atoms with Crippen LogP contribution in [0.2, 0.25) is 0 Å². The van der Waals surface area contributed by atoms with Gasteiger partial charge in [-0.05, 0) is 6.07 Å². The van der Waals surface area contributed by atoms with E-state index in [9.17, 15) is 0 Å². The Balaban J connectivity index is 2.01. The van der Waals surface area contributed by atoms with Gasteiger partial charge in [0.05, 0.1) is 12.4 Å². The molecule has 1 aliphatic rings. The lowest BCUT2D eigenvalue weighted by atomic mass is 10.3. The summed E-state index contributed by atoms with van der Waals surface area (Å²) in [6.07, 6.45) is 8.58. The van der Waals surface area contributed by atoms with Gasteiger partial charge in [-0.25, -0.2) is 5.01 Å². The molecule has 0 aliphatic carbocycles. The number of hydrogen-bond donors (Lipinski definition) is 0. The topological polar surface area (TPSA) is 53.2 Å². The molecule has 5 heteroatoms. The van der Waals surface area contributed by atoms with E-state index in [2.05, 4.69) is 20.3 Å². The van der Waals surface area contributed by atoms with E-state index in [1.165, 1.54) is 0 Å². The first-order chi connectivity index (χ1) is 6.95. The fourth-order valence-electron chi connectivity index (χ4n) is 0.971. The second kappa shape index (κ2) is 4.27. The second-order valence-electron chi connectivity index (χ2n) is 2.67. The standard InChI is InChI=1S/C9H9N5/c1-2-9(6-10-3-1)7-13-14-5-4-11-12-8-14/h1-7H,8H2. The van der Waals surface area contributed by atoms with Crippen LogP contribution in [-0.2, 0) is 0 Å². The molecule has 0 spiro atoms. The average molecular weight is 187 g/mol. The minimum absolute atomic E-state index is 0.466. The highest BCUT2D eigenvalue weighted by molar-refractivity contribution is 5.78. The van der Waals surface area contributed by atoms with E-state index in [1.54, 1.807) is 36.0 Å². The first kappa shape index (κ1) is 8.55. The Hall–Kier alpha value is -2.04. The molecule has 0 atom stereocenters. The smallest absolute Gasteiger partial charge is 0.152 e. The molecule has 5 nitrogen and oxygen atoms in total. The van der Waals surface area contributed by atoms with Crippen molar-refractivity contribution in [1.29, 1.82) is 0 Å². The molecule has 1 aromatic rings. The molecule has 2 rings (SSSR count). The van der Waals surface area contributed by atoms with Gasteiger partial charge in [-0.1, -0.05) is 6.07 Å². The van der Waals surface area contributed by atoms with Crippen molar-refractivity contribution in [2.45, 2.75) is 0 Å². The zero-order valence-corrected chi connectivity index (χ0v) is 7.48. The van der Waals surface area contributed by atoms with Crippen molar-refractivity contribution in [2.24, 2.45) is 15.3 Å². The van der Waals surface area contributed by atoms with Gasteiger partial charge in [0.2, 0.25) is 0 Å². The highest BCUT2D eigenvalue weighted by Gasteiger charge is 1.96. The van der Waals surface area contributed by atoms with E-state index in [4.69, 9.17) is 0 Å². The van der Waals surface area contributed by atoms with Crippen molar-refractivity contribution < 1.29 is 0 Å². The van der Waals surface area contributed by atoms with Gasteiger partial charge in [0.15, 0.2) is 6.67 Å². The molecule has 1 aromatic heterocycles. The zero-order valence-electron chi connectivity index (χ0n) is 7.48. The van der Waals surface area contributed by atoms with E-state index >= 15 is 0 Å². The summed E-state index contributed by atoms with van der Waals surface area (Å²) in [5.74, 6) is 0. The molecule has 0 amide bonds. The van der Waals surface area contributed by atoms with Crippen LogP contribution in [0.3, 0.4) is 0 Å². The molecule has 0 radical (unpaired) electrons. The van der Waals surface area contributed by atoms with Crippen LogP contribution < -0.4 is 0 Å². The largest absolute Gasteiger partial charge is 0.264 e. The number of hydrogen-bond acceptors (Lipinski definition) is 5. The second-order valence-corrected chi connectivity index (χ2v) is 2.67. The third-order valence-electron chi connectivity index (χ3n) is 1.63. The summed E-state index contributed by atoms with van der Waals surface area (Å²) < 4.78 is 0. The van der Waals surface area contributed by atoms with Gasteiger partial charge in [0, 0.05) is 24.2 Å². The van der Waals surface area contributed by atoms with Gasteiger partial charge in [0.1, 0.15) is 0 Å². The summed E-state index contributed by atoms with van der Waals surface area (Å²) in [7, 11) is 0. The van der Waals surface area contributed by atoms with Crippen LogP contribution >= 0.6 is 0 Å². The summed E-state index contributed by atoms with van der Waals surface area (Å²) in [5, 5.41) is 13.4. The van der Waals surface area contributed by atoms with Crippen molar-refractivity contribution in [1.82, 2.24) is 9.99 Å². The minimum atomic E-state index is 0.466. The summed E-state index contributed by atoms with van der Waals surface area (Å²) in [4.78, 5) is 3.98. The lowest BCUT2D eigenvalue weighted by Gasteiger charge is -2.11. The fraction of sp³-hybridized carbons (Fsp3) is 0.111. The fourth-order valence-corrected chi connectivity index (χ4v) is 0.971. The molecule has 0 fully saturated rings. The molecule has 0 unspecified atom stereocenters. The van der Waals surface area contributed by atoms with Crippen LogP contribution in [0.15, 0.2) is 52.3 Å². The van der Waals surface area contributed by atoms with Gasteiger partial charge in [-0.15, -0.1) is 0 Å². The van der Waals surface area contributed by atoms with Crippen molar-refractivity contribution in [3.63, 3.8) is 0 Å². The predicted molar refractivity (Wildman–Crippen MR) is 52.5 cm³/mol. The zero-order chi connectivity index (χ0) is 9.64. The number of rotatable bonds is 2. The van der Waals surface area contributed by atoms with E-state index in [0.29, 0.717) is 6.67 Å². The minimum Gasteiger partial charge on any atom is -0.264 e. The van der Waals surface area contributed by atoms with Crippen LogP contribution in [0, 0.1) is 0 Å². The molecule has 70 valence electrons. The molecular formula is C9H9N5. The Morgan fingerprint density at radius 1 is 1.50 bits per heavy atom. The van der Waals surface area contributed by atoms with Crippen LogP contribution in [0.25, 0.3) is 0 Å². The SMILES string of the molecule is C1=CN(N=Cc2cccnc2)CN=N1. The highest BCUT2D eigenvalue weighted by Crippen LogP contribution is 1.99. The van der Waals surface area contributed by atoms with E-state index in [-0.39, 0.29) is 0 Å². The van der Waals surface area contributed by atoms with Crippen LogP contribution in [-0.4, -0.2) is 22.9 Å². The predicted octanol–water partition coefficient (Wildman–Crippen LogP) is 1.61. The molecule has 14 heavy (non-hydrogen) atoms. The third-order valence-corrected chi connectivity index (χ3v) is 1.63. The molecule has 0 saturated carbocycles. The Morgan fingerprint density at radius 3 is 3.21 bits per heavy atom. The van der Waals surface area contributed by atoms with Crippen LogP contribution in [0.4, 0.5) is 0 Å². The molecule has 0 saturated heterocycles. The van der Waals surface area contributed by atoms with Crippen molar-refractivity contribution >= 4 is 6.21 Å². The summed E-state index contributed by atoms with van der Waals surface area (Å²) in [6, 6.07) is 3.80. The lowest BCUT2D eigenvalue weighted by molar-refractivity contribution is 0.395. The highest BCUT2D eigenvalue weighted by atomic mass is 15.5. The van der Waals surface area contributed by atoms with E-state index in [1.807, 2.05) is 12.1 Å². The molecule has 0 N–H and O–H groups in total. The molecular weight excluding hydrogens is 178 g/mol. The number of hydrazone groups is 1. The maximum atomic E-state index is 4.18. The van der Waals surface area contributed by atoms with Crippen LogP contribution in [0.1, 0.15) is 5.56 Å². The quantitative estimate of drug-likeness (QED) is 0.660. The Bertz CT molecular complexity index is 368. The Labute approximate surface area is 81.5 Å². The molecule has 1 aliphatic heterocycles. The number of nitrogens with zero attached hydrogens (tertiary/aromatic N) is 5. The van der Waals surface area contributed by atoms with Gasteiger partial charge in [-0.2, -0.15) is 15.3 Å². The number of azo groups is 1. The van der Waals surface area contributed by atoms with Gasteiger partial charge in [0.25, 0.3) is 0 Å². The van der Waals surface area contributed by atoms with Gasteiger partial charge >= 0.3 is 0 Å². The van der Waals surface area contributed by atoms with Crippen molar-refractivity contribution in [2.75, 3.05) is 6.67 Å². The van der Waals surface area contributed by atoms with E-state index < -0.39 is 0 Å². The average Bonchev–Trinajstić information content (AvgIpc) is 2.29. The first-order valence-electron chi connectivity index (χ1n) is 4.19. The normalized spacial score (nSPS) is 15.3. The molecule has 0 bridgehead atoms. The number of aromatic nitrogens is 1. The van der Waals surface area contributed by atoms with Crippen molar-refractivity contribution in [3.05, 3.63) is 42.5 Å². The maximum absolute atomic E-state index is 4.18. The van der Waals surface area contributed by atoms with Crippen molar-refractivity contribution in [3.8, 4) is 0 Å². The van der Waals surface area contributed by atoms with Gasteiger partial charge in [-0.3, -0.25) is 4.98 Å². The Kier molecular flexibility index (Phi) is 2.61. The monoisotopic (exact) mass is 187 g/mol. The van der Waals surface area contributed by atoms with Gasteiger partial charge < -0.3 is 0 Å². The van der Waals surface area contributed by atoms with Crippen LogP contribution in [0.5, 0.6) is 0 Å².